The van der Waals surface area contributed by atoms with E-state index in [0.717, 1.165) is 5.56 Å². The van der Waals surface area contributed by atoms with Crippen LogP contribution in [0.3, 0.4) is 0 Å². The molecule has 0 radical (unpaired) electrons. The fourth-order valence-corrected chi connectivity index (χ4v) is 1.62. The van der Waals surface area contributed by atoms with Gasteiger partial charge in [-0.15, -0.1) is 0 Å². The third-order valence-electron chi connectivity index (χ3n) is 2.35. The van der Waals surface area contributed by atoms with Gasteiger partial charge in [0.1, 0.15) is 0 Å². The van der Waals surface area contributed by atoms with Crippen LogP contribution in [0.2, 0.25) is 0 Å². The summed E-state index contributed by atoms with van der Waals surface area (Å²) in [5, 5.41) is 0. The van der Waals surface area contributed by atoms with Crippen LogP contribution in [0.1, 0.15) is 22.8 Å². The smallest absolute Gasteiger partial charge is 0.339 e. The highest BCUT2D eigenvalue weighted by Gasteiger charge is 2.35. The number of cyclic esters (lactones) is 1. The predicted octanol–water partition coefficient (Wildman–Crippen LogP) is 1.36. The zero-order valence-electron chi connectivity index (χ0n) is 7.82. The number of fused-ring (bicyclic) bond motifs is 1. The maximum Gasteiger partial charge on any atom is 0.339 e. The second-order valence-electron chi connectivity index (χ2n) is 3.65. The van der Waals surface area contributed by atoms with Crippen molar-refractivity contribution in [3.63, 3.8) is 0 Å². The van der Waals surface area contributed by atoms with Gasteiger partial charge in [0.25, 0.3) is 0 Å². The van der Waals surface area contributed by atoms with Gasteiger partial charge in [-0.2, -0.15) is 0 Å². The van der Waals surface area contributed by atoms with E-state index in [-0.39, 0.29) is 0 Å². The van der Waals surface area contributed by atoms with Crippen LogP contribution >= 0.6 is 0 Å². The molecule has 1 heterocycles. The Morgan fingerprint density at radius 1 is 1.43 bits per heavy atom. The van der Waals surface area contributed by atoms with E-state index in [1.165, 1.54) is 0 Å². The second-order valence-corrected chi connectivity index (χ2v) is 3.65. The summed E-state index contributed by atoms with van der Waals surface area (Å²) < 4.78 is 5.04. The van der Waals surface area contributed by atoms with Gasteiger partial charge >= 0.3 is 5.97 Å². The van der Waals surface area contributed by atoms with Crippen molar-refractivity contribution in [3.8, 4) is 0 Å². The first-order chi connectivity index (χ1) is 6.64. The van der Waals surface area contributed by atoms with E-state index in [0.29, 0.717) is 18.3 Å². The summed E-state index contributed by atoms with van der Waals surface area (Å²) in [6.07, 6.45) is 1.14. The van der Waals surface area contributed by atoms with Crippen LogP contribution in [0.4, 0.5) is 0 Å². The lowest BCUT2D eigenvalue weighted by Gasteiger charge is -2.29. The Morgan fingerprint density at radius 2 is 2.14 bits per heavy atom. The standard InChI is InChI=1S/C11H10O3/c1-11(7-12)6-8-4-2-3-5-9(8)10(13)14-11/h2-5,7H,6H2,1H3. The number of carbonyl (C=O) groups excluding carboxylic acids is 2. The van der Waals surface area contributed by atoms with Crippen LogP contribution in [-0.4, -0.2) is 17.9 Å². The van der Waals surface area contributed by atoms with Crippen LogP contribution in [0.15, 0.2) is 24.3 Å². The Bertz CT molecular complexity index is 397. The molecular weight excluding hydrogens is 180 g/mol. The van der Waals surface area contributed by atoms with Gasteiger partial charge in [-0.3, -0.25) is 4.79 Å². The molecule has 1 aromatic carbocycles. The summed E-state index contributed by atoms with van der Waals surface area (Å²) in [7, 11) is 0. The molecule has 0 fully saturated rings. The molecule has 0 aromatic heterocycles. The van der Waals surface area contributed by atoms with Gasteiger partial charge in [0.05, 0.1) is 5.56 Å². The number of rotatable bonds is 1. The molecule has 72 valence electrons. The molecule has 1 aliphatic heterocycles. The van der Waals surface area contributed by atoms with E-state index in [2.05, 4.69) is 0 Å². The van der Waals surface area contributed by atoms with Crippen molar-refractivity contribution in [3.05, 3.63) is 35.4 Å². The summed E-state index contributed by atoms with van der Waals surface area (Å²) in [6.45, 7) is 1.62. The molecule has 14 heavy (non-hydrogen) atoms. The van der Waals surface area contributed by atoms with Gasteiger partial charge in [-0.1, -0.05) is 18.2 Å². The van der Waals surface area contributed by atoms with Crippen molar-refractivity contribution in [1.82, 2.24) is 0 Å². The van der Waals surface area contributed by atoms with Gasteiger partial charge < -0.3 is 4.74 Å². The molecule has 2 rings (SSSR count). The van der Waals surface area contributed by atoms with E-state index in [1.54, 1.807) is 19.1 Å². The third-order valence-corrected chi connectivity index (χ3v) is 2.35. The second kappa shape index (κ2) is 2.94. The first-order valence-corrected chi connectivity index (χ1v) is 4.42. The molecule has 3 heteroatoms. The molecule has 1 aromatic rings. The van der Waals surface area contributed by atoms with E-state index < -0.39 is 11.6 Å². The summed E-state index contributed by atoms with van der Waals surface area (Å²) >= 11 is 0. The Balaban J connectivity index is 2.48. The zero-order chi connectivity index (χ0) is 10.2. The van der Waals surface area contributed by atoms with Crippen molar-refractivity contribution >= 4 is 12.3 Å². The lowest BCUT2D eigenvalue weighted by atomic mass is 9.91. The summed E-state index contributed by atoms with van der Waals surface area (Å²) in [5.41, 5.74) is 0.441. The summed E-state index contributed by atoms with van der Waals surface area (Å²) in [4.78, 5) is 22.2. The van der Waals surface area contributed by atoms with Crippen LogP contribution in [0, 0.1) is 0 Å². The Labute approximate surface area is 81.7 Å². The zero-order valence-corrected chi connectivity index (χ0v) is 7.82. The molecule has 0 saturated carbocycles. The topological polar surface area (TPSA) is 43.4 Å². The molecule has 1 unspecified atom stereocenters. The van der Waals surface area contributed by atoms with Gasteiger partial charge in [-0.25, -0.2) is 4.79 Å². The van der Waals surface area contributed by atoms with E-state index in [1.807, 2.05) is 12.1 Å². The minimum Gasteiger partial charge on any atom is -0.448 e. The Kier molecular flexibility index (Phi) is 1.88. The van der Waals surface area contributed by atoms with Crippen LogP contribution in [0.5, 0.6) is 0 Å². The lowest BCUT2D eigenvalue weighted by Crippen LogP contribution is -2.40. The molecule has 1 atom stereocenters. The van der Waals surface area contributed by atoms with Gasteiger partial charge in [0.2, 0.25) is 0 Å². The molecule has 1 aliphatic rings. The molecule has 0 saturated heterocycles. The highest BCUT2D eigenvalue weighted by atomic mass is 16.6. The molecule has 0 amide bonds. The summed E-state index contributed by atoms with van der Waals surface area (Å²) in [5.74, 6) is -0.415. The monoisotopic (exact) mass is 190 g/mol. The first-order valence-electron chi connectivity index (χ1n) is 4.42. The maximum atomic E-state index is 11.5. The normalized spacial score (nSPS) is 25.1. The fourth-order valence-electron chi connectivity index (χ4n) is 1.62. The average Bonchev–Trinajstić information content (AvgIpc) is 2.18. The Hall–Kier alpha value is -1.64. The van der Waals surface area contributed by atoms with Crippen LogP contribution in [0.25, 0.3) is 0 Å². The molecule has 0 N–H and O–H groups in total. The summed E-state index contributed by atoms with van der Waals surface area (Å²) in [6, 6.07) is 7.19. The maximum absolute atomic E-state index is 11.5. The molecule has 3 nitrogen and oxygen atoms in total. The number of esters is 1. The van der Waals surface area contributed by atoms with Gasteiger partial charge in [0.15, 0.2) is 11.9 Å². The minimum atomic E-state index is -0.995. The number of hydrogen-bond acceptors (Lipinski definition) is 3. The SMILES string of the molecule is CC1(C=O)Cc2ccccc2C(=O)O1. The van der Waals surface area contributed by atoms with Crippen molar-refractivity contribution < 1.29 is 14.3 Å². The van der Waals surface area contributed by atoms with E-state index in [9.17, 15) is 9.59 Å². The Morgan fingerprint density at radius 3 is 2.86 bits per heavy atom. The molecule has 0 spiro atoms. The van der Waals surface area contributed by atoms with E-state index in [4.69, 9.17) is 4.74 Å². The number of ether oxygens (including phenoxy) is 1. The fraction of sp³-hybridized carbons (Fsp3) is 0.273. The largest absolute Gasteiger partial charge is 0.448 e. The average molecular weight is 190 g/mol. The van der Waals surface area contributed by atoms with Gasteiger partial charge in [0, 0.05) is 6.42 Å². The molecule has 0 bridgehead atoms. The first kappa shape index (κ1) is 8.94. The highest BCUT2D eigenvalue weighted by Crippen LogP contribution is 2.26. The number of benzene rings is 1. The minimum absolute atomic E-state index is 0.415. The lowest BCUT2D eigenvalue weighted by molar-refractivity contribution is -0.124. The van der Waals surface area contributed by atoms with E-state index >= 15 is 0 Å². The van der Waals surface area contributed by atoms with Crippen molar-refractivity contribution in [2.75, 3.05) is 0 Å². The van der Waals surface area contributed by atoms with Crippen molar-refractivity contribution in [2.24, 2.45) is 0 Å². The number of carbonyl (C=O) groups is 2. The van der Waals surface area contributed by atoms with Crippen LogP contribution in [-0.2, 0) is 16.0 Å². The predicted molar refractivity (Wildman–Crippen MR) is 50.0 cm³/mol. The van der Waals surface area contributed by atoms with Crippen molar-refractivity contribution in [2.45, 2.75) is 18.9 Å². The quantitative estimate of drug-likeness (QED) is 0.496. The molecular formula is C11H10O3. The highest BCUT2D eigenvalue weighted by molar-refractivity contribution is 5.94. The van der Waals surface area contributed by atoms with Crippen molar-refractivity contribution in [1.29, 1.82) is 0 Å². The number of aldehydes is 1. The third kappa shape index (κ3) is 1.31. The number of hydrogen-bond donors (Lipinski definition) is 0. The molecule has 0 aliphatic carbocycles. The van der Waals surface area contributed by atoms with Crippen LogP contribution < -0.4 is 0 Å². The van der Waals surface area contributed by atoms with Gasteiger partial charge in [-0.05, 0) is 18.6 Å².